The summed E-state index contributed by atoms with van der Waals surface area (Å²) < 4.78 is 5.51. The van der Waals surface area contributed by atoms with Crippen LogP contribution in [0.15, 0.2) is 42.5 Å². The van der Waals surface area contributed by atoms with E-state index >= 15 is 0 Å². The Bertz CT molecular complexity index is 843. The summed E-state index contributed by atoms with van der Waals surface area (Å²) in [6.45, 7) is 9.60. The average Bonchev–Trinajstić information content (AvgIpc) is 2.72. The van der Waals surface area contributed by atoms with Gasteiger partial charge in [0.25, 0.3) is 0 Å². The molecule has 0 aliphatic heterocycles. The summed E-state index contributed by atoms with van der Waals surface area (Å²) in [5.41, 5.74) is 1.46. The van der Waals surface area contributed by atoms with Gasteiger partial charge >= 0.3 is 5.97 Å². The molecule has 0 radical (unpaired) electrons. The second-order valence-electron chi connectivity index (χ2n) is 7.11. The van der Waals surface area contributed by atoms with E-state index in [0.717, 1.165) is 38.0 Å². The summed E-state index contributed by atoms with van der Waals surface area (Å²) in [7, 11) is 0. The van der Waals surface area contributed by atoms with Crippen LogP contribution >= 0.6 is 0 Å². The Balaban J connectivity index is 2.29. The van der Waals surface area contributed by atoms with Gasteiger partial charge in [-0.2, -0.15) is 0 Å². The van der Waals surface area contributed by atoms with E-state index in [9.17, 15) is 14.7 Å². The molecular weight excluding hydrogens is 366 g/mol. The first-order valence-corrected chi connectivity index (χ1v) is 10.4. The lowest BCUT2D eigenvalue weighted by Gasteiger charge is -2.21. The largest absolute Gasteiger partial charge is 0.507 e. The summed E-state index contributed by atoms with van der Waals surface area (Å²) in [6.07, 6.45) is 2.57. The van der Waals surface area contributed by atoms with Gasteiger partial charge in [-0.3, -0.25) is 4.79 Å². The fourth-order valence-corrected chi connectivity index (χ4v) is 3.30. The number of hydrogen-bond donors (Lipinski definition) is 1. The number of hydrogen-bond acceptors (Lipinski definition) is 5. The molecule has 2 aromatic rings. The highest BCUT2D eigenvalue weighted by molar-refractivity contribution is 6.15. The van der Waals surface area contributed by atoms with Crippen molar-refractivity contribution in [3.05, 3.63) is 59.2 Å². The summed E-state index contributed by atoms with van der Waals surface area (Å²) >= 11 is 0. The van der Waals surface area contributed by atoms with Gasteiger partial charge in [0.2, 0.25) is 0 Å². The lowest BCUT2D eigenvalue weighted by Crippen LogP contribution is -2.22. The number of unbranched alkanes of at least 4 members (excludes halogenated alkanes) is 1. The molecule has 2 aromatic carbocycles. The van der Waals surface area contributed by atoms with Crippen molar-refractivity contribution in [2.24, 2.45) is 0 Å². The van der Waals surface area contributed by atoms with Crippen LogP contribution in [0.5, 0.6) is 5.75 Å². The van der Waals surface area contributed by atoms with E-state index in [4.69, 9.17) is 4.74 Å². The zero-order chi connectivity index (χ0) is 21.4. The molecule has 0 aliphatic rings. The van der Waals surface area contributed by atoms with Crippen LogP contribution in [0.3, 0.4) is 0 Å². The maximum atomic E-state index is 13.1. The first-order valence-electron chi connectivity index (χ1n) is 10.4. The number of ketones is 1. The molecule has 2 rings (SSSR count). The molecule has 1 N–H and O–H groups in total. The van der Waals surface area contributed by atoms with E-state index in [1.807, 2.05) is 26.8 Å². The fraction of sp³-hybridized carbons (Fsp3) is 0.417. The number of benzene rings is 2. The Morgan fingerprint density at radius 1 is 1.00 bits per heavy atom. The number of phenols is 1. The minimum Gasteiger partial charge on any atom is -0.507 e. The van der Waals surface area contributed by atoms with Crippen molar-refractivity contribution in [2.45, 2.75) is 53.1 Å². The lowest BCUT2D eigenvalue weighted by atomic mass is 9.97. The van der Waals surface area contributed by atoms with Crippen LogP contribution in [0.2, 0.25) is 0 Å². The molecule has 0 spiro atoms. The highest BCUT2D eigenvalue weighted by Gasteiger charge is 2.22. The van der Waals surface area contributed by atoms with E-state index < -0.39 is 11.8 Å². The van der Waals surface area contributed by atoms with E-state index in [2.05, 4.69) is 11.8 Å². The highest BCUT2D eigenvalue weighted by Crippen LogP contribution is 2.28. The van der Waals surface area contributed by atoms with Gasteiger partial charge in [0, 0.05) is 30.4 Å². The van der Waals surface area contributed by atoms with Crippen molar-refractivity contribution < 1.29 is 19.4 Å². The number of ether oxygens (including phenoxy) is 1. The summed E-state index contributed by atoms with van der Waals surface area (Å²) in [5.74, 6) is -1.02. The Morgan fingerprint density at radius 3 is 2.24 bits per heavy atom. The maximum absolute atomic E-state index is 13.1. The smallest absolute Gasteiger partial charge is 0.339 e. The monoisotopic (exact) mass is 397 g/mol. The minimum atomic E-state index is -0.517. The predicted molar refractivity (Wildman–Crippen MR) is 116 cm³/mol. The molecule has 0 saturated carbocycles. The van der Waals surface area contributed by atoms with Crippen molar-refractivity contribution in [1.82, 2.24) is 0 Å². The molecule has 0 amide bonds. The maximum Gasteiger partial charge on any atom is 0.339 e. The van der Waals surface area contributed by atoms with Crippen molar-refractivity contribution in [3.63, 3.8) is 0 Å². The number of nitrogens with zero attached hydrogens (tertiary/aromatic N) is 1. The van der Waals surface area contributed by atoms with Crippen molar-refractivity contribution in [2.75, 3.05) is 18.0 Å². The molecule has 0 aliphatic carbocycles. The van der Waals surface area contributed by atoms with Gasteiger partial charge in [-0.05, 0) is 45.4 Å². The fourth-order valence-electron chi connectivity index (χ4n) is 3.30. The number of esters is 1. The van der Waals surface area contributed by atoms with Crippen LogP contribution in [0, 0.1) is 0 Å². The Kier molecular flexibility index (Phi) is 8.25. The number of rotatable bonds is 10. The Labute approximate surface area is 173 Å². The molecule has 0 aromatic heterocycles. The van der Waals surface area contributed by atoms with Gasteiger partial charge in [-0.25, -0.2) is 4.79 Å². The zero-order valence-electron chi connectivity index (χ0n) is 17.8. The Hall–Kier alpha value is -2.82. The minimum absolute atomic E-state index is 0.0983. The number of anilines is 1. The van der Waals surface area contributed by atoms with E-state index in [0.29, 0.717) is 0 Å². The van der Waals surface area contributed by atoms with E-state index in [-0.39, 0.29) is 28.5 Å². The van der Waals surface area contributed by atoms with Crippen LogP contribution in [-0.2, 0) is 4.74 Å². The van der Waals surface area contributed by atoms with Gasteiger partial charge in [0.05, 0.1) is 17.2 Å². The molecule has 0 saturated heterocycles. The Morgan fingerprint density at radius 2 is 1.66 bits per heavy atom. The van der Waals surface area contributed by atoms with Gasteiger partial charge in [0.15, 0.2) is 5.78 Å². The molecule has 0 bridgehead atoms. The van der Waals surface area contributed by atoms with E-state index in [1.165, 1.54) is 0 Å². The van der Waals surface area contributed by atoms with Gasteiger partial charge in [0.1, 0.15) is 5.75 Å². The molecule has 156 valence electrons. The third-order valence-electron chi connectivity index (χ3n) is 5.02. The first kappa shape index (κ1) is 22.5. The van der Waals surface area contributed by atoms with Gasteiger partial charge in [-0.15, -0.1) is 0 Å². The standard InChI is InChI=1S/C24H31NO4/c1-5-8-11-17(4)29-24(28)20-13-10-9-12-19(20)23(27)21-15-14-18(16-22(21)26)25(6-2)7-3/h9-10,12-17,26H,5-8,11H2,1-4H3. The lowest BCUT2D eigenvalue weighted by molar-refractivity contribution is 0.0318. The highest BCUT2D eigenvalue weighted by atomic mass is 16.5. The van der Waals surface area contributed by atoms with Gasteiger partial charge in [-0.1, -0.05) is 38.0 Å². The molecule has 0 heterocycles. The molecule has 1 atom stereocenters. The second-order valence-corrected chi connectivity index (χ2v) is 7.11. The SMILES string of the molecule is CCCCC(C)OC(=O)c1ccccc1C(=O)c1ccc(N(CC)CC)cc1O. The molecule has 29 heavy (non-hydrogen) atoms. The van der Waals surface area contributed by atoms with E-state index in [1.54, 1.807) is 36.4 Å². The molecule has 1 unspecified atom stereocenters. The van der Waals surface area contributed by atoms with Crippen LogP contribution < -0.4 is 4.90 Å². The van der Waals surface area contributed by atoms with Crippen LogP contribution in [-0.4, -0.2) is 36.1 Å². The third-order valence-corrected chi connectivity index (χ3v) is 5.02. The average molecular weight is 398 g/mol. The summed E-state index contributed by atoms with van der Waals surface area (Å²) in [5, 5.41) is 10.5. The molecule has 0 fully saturated rings. The van der Waals surface area contributed by atoms with Crippen molar-refractivity contribution in [3.8, 4) is 5.75 Å². The number of carbonyl (C=O) groups excluding carboxylic acids is 2. The van der Waals surface area contributed by atoms with Crippen molar-refractivity contribution in [1.29, 1.82) is 0 Å². The summed E-state index contributed by atoms with van der Waals surface area (Å²) in [6, 6.07) is 11.6. The number of carbonyl (C=O) groups is 2. The quantitative estimate of drug-likeness (QED) is 0.441. The molecular formula is C24H31NO4. The topological polar surface area (TPSA) is 66.8 Å². The van der Waals surface area contributed by atoms with Crippen LogP contribution in [0.1, 0.15) is 73.2 Å². The van der Waals surface area contributed by atoms with Crippen LogP contribution in [0.4, 0.5) is 5.69 Å². The van der Waals surface area contributed by atoms with Crippen molar-refractivity contribution >= 4 is 17.4 Å². The normalized spacial score (nSPS) is 11.7. The predicted octanol–water partition coefficient (Wildman–Crippen LogP) is 5.20. The number of aromatic hydroxyl groups is 1. The third kappa shape index (κ3) is 5.59. The number of phenolic OH excluding ortho intramolecular Hbond substituents is 1. The second kappa shape index (κ2) is 10.6. The van der Waals surface area contributed by atoms with Gasteiger partial charge < -0.3 is 14.7 Å². The van der Waals surface area contributed by atoms with Crippen LogP contribution in [0.25, 0.3) is 0 Å². The molecule has 5 heteroatoms. The summed E-state index contributed by atoms with van der Waals surface area (Å²) in [4.78, 5) is 27.8. The zero-order valence-corrected chi connectivity index (χ0v) is 17.8. The first-order chi connectivity index (χ1) is 13.9. The molecule has 5 nitrogen and oxygen atoms in total.